The Kier molecular flexibility index (Phi) is 4.91. The molecule has 1 fully saturated rings. The zero-order chi connectivity index (χ0) is 13.7. The second kappa shape index (κ2) is 6.66. The van der Waals surface area contributed by atoms with Crippen LogP contribution in [0.15, 0.2) is 24.5 Å². The quantitative estimate of drug-likeness (QED) is 0.837. The van der Waals surface area contributed by atoms with Gasteiger partial charge < -0.3 is 9.64 Å². The molecule has 0 aliphatic carbocycles. The van der Waals surface area contributed by atoms with E-state index in [1.807, 2.05) is 24.0 Å². The highest BCUT2D eigenvalue weighted by molar-refractivity contribution is 5.94. The zero-order valence-corrected chi connectivity index (χ0v) is 11.7. The first-order valence-corrected chi connectivity index (χ1v) is 7.09. The number of nitrogens with zero attached hydrogens (tertiary/aromatic N) is 2. The topological polar surface area (TPSA) is 42.4 Å². The van der Waals surface area contributed by atoms with Crippen LogP contribution in [-0.4, -0.2) is 30.1 Å². The molecule has 0 radical (unpaired) electrons. The minimum absolute atomic E-state index is 0.0896. The van der Waals surface area contributed by atoms with Crippen molar-refractivity contribution in [2.24, 2.45) is 5.92 Å². The Hall–Kier alpha value is -1.42. The third-order valence-electron chi connectivity index (χ3n) is 3.73. The number of pyridine rings is 1. The fourth-order valence-corrected chi connectivity index (χ4v) is 2.60. The molecule has 2 heterocycles. The second-order valence-corrected chi connectivity index (χ2v) is 4.91. The lowest BCUT2D eigenvalue weighted by molar-refractivity contribution is -0.127. The highest BCUT2D eigenvalue weighted by atomic mass is 16.5. The van der Waals surface area contributed by atoms with Crippen LogP contribution >= 0.6 is 0 Å². The van der Waals surface area contributed by atoms with Crippen LogP contribution in [0, 0.1) is 5.92 Å². The first-order chi connectivity index (χ1) is 9.26. The number of aromatic nitrogens is 1. The molecule has 2 atom stereocenters. The Morgan fingerprint density at radius 3 is 2.79 bits per heavy atom. The monoisotopic (exact) mass is 262 g/mol. The van der Waals surface area contributed by atoms with Crippen molar-refractivity contribution in [1.82, 2.24) is 4.98 Å². The van der Waals surface area contributed by atoms with Crippen molar-refractivity contribution in [2.75, 3.05) is 18.1 Å². The van der Waals surface area contributed by atoms with Crippen LogP contribution < -0.4 is 4.90 Å². The van der Waals surface area contributed by atoms with Gasteiger partial charge in [0.2, 0.25) is 5.91 Å². The summed E-state index contributed by atoms with van der Waals surface area (Å²) >= 11 is 0. The maximum absolute atomic E-state index is 12.6. The normalized spacial score (nSPS) is 23.1. The van der Waals surface area contributed by atoms with Crippen LogP contribution in [0.4, 0.5) is 5.69 Å². The number of hydrogen-bond donors (Lipinski definition) is 0. The lowest BCUT2D eigenvalue weighted by Crippen LogP contribution is -2.40. The van der Waals surface area contributed by atoms with Gasteiger partial charge in [-0.15, -0.1) is 0 Å². The maximum Gasteiger partial charge on any atom is 0.230 e. The predicted octanol–water partition coefficient (Wildman–Crippen LogP) is 2.64. The summed E-state index contributed by atoms with van der Waals surface area (Å²) in [4.78, 5) is 18.5. The molecule has 1 saturated heterocycles. The first kappa shape index (κ1) is 14.0. The summed E-state index contributed by atoms with van der Waals surface area (Å²) in [5.41, 5.74) is 0.932. The molecule has 1 aromatic rings. The maximum atomic E-state index is 12.6. The van der Waals surface area contributed by atoms with E-state index in [0.717, 1.165) is 24.9 Å². The van der Waals surface area contributed by atoms with E-state index in [2.05, 4.69) is 11.9 Å². The average molecular weight is 262 g/mol. The summed E-state index contributed by atoms with van der Waals surface area (Å²) in [5, 5.41) is 0. The average Bonchev–Trinajstić information content (AvgIpc) is 2.49. The Morgan fingerprint density at radius 1 is 1.42 bits per heavy atom. The van der Waals surface area contributed by atoms with Gasteiger partial charge in [-0.05, 0) is 38.3 Å². The van der Waals surface area contributed by atoms with E-state index in [4.69, 9.17) is 4.74 Å². The highest BCUT2D eigenvalue weighted by Gasteiger charge is 2.30. The molecule has 1 aromatic heterocycles. The molecule has 4 nitrogen and oxygen atoms in total. The molecule has 1 aliphatic rings. The first-order valence-electron chi connectivity index (χ1n) is 7.09. The molecule has 0 saturated carbocycles. The smallest absolute Gasteiger partial charge is 0.230 e. The third kappa shape index (κ3) is 3.32. The number of carbonyl (C=O) groups is 1. The van der Waals surface area contributed by atoms with Gasteiger partial charge in [-0.2, -0.15) is 0 Å². The highest BCUT2D eigenvalue weighted by Crippen LogP contribution is 2.26. The Balaban J connectivity index is 2.08. The van der Waals surface area contributed by atoms with Crippen LogP contribution in [0.2, 0.25) is 0 Å². The van der Waals surface area contributed by atoms with Gasteiger partial charge in [0.25, 0.3) is 0 Å². The van der Waals surface area contributed by atoms with Crippen molar-refractivity contribution >= 4 is 11.6 Å². The predicted molar refractivity (Wildman–Crippen MR) is 75.0 cm³/mol. The Bertz CT molecular complexity index is 408. The molecular formula is C15H22N2O2. The molecular weight excluding hydrogens is 240 g/mol. The lowest BCUT2D eigenvalue weighted by atomic mass is 9.93. The zero-order valence-electron chi connectivity index (χ0n) is 11.7. The molecule has 1 amide bonds. The fourth-order valence-electron chi connectivity index (χ4n) is 2.60. The Labute approximate surface area is 114 Å². The van der Waals surface area contributed by atoms with Gasteiger partial charge in [0.05, 0.1) is 6.10 Å². The molecule has 104 valence electrons. The second-order valence-electron chi connectivity index (χ2n) is 4.91. The van der Waals surface area contributed by atoms with Gasteiger partial charge >= 0.3 is 0 Å². The fraction of sp³-hybridized carbons (Fsp3) is 0.600. The van der Waals surface area contributed by atoms with Gasteiger partial charge in [0, 0.05) is 37.2 Å². The van der Waals surface area contributed by atoms with Crippen LogP contribution in [0.1, 0.15) is 33.1 Å². The number of anilines is 1. The molecule has 4 heteroatoms. The largest absolute Gasteiger partial charge is 0.378 e. The van der Waals surface area contributed by atoms with E-state index in [1.54, 1.807) is 12.4 Å². The van der Waals surface area contributed by atoms with E-state index in [-0.39, 0.29) is 17.9 Å². The van der Waals surface area contributed by atoms with Crippen molar-refractivity contribution in [3.05, 3.63) is 24.5 Å². The van der Waals surface area contributed by atoms with Crippen LogP contribution in [0.25, 0.3) is 0 Å². The molecule has 19 heavy (non-hydrogen) atoms. The summed E-state index contributed by atoms with van der Waals surface area (Å²) in [6.45, 7) is 5.51. The van der Waals surface area contributed by atoms with Crippen LogP contribution in [0.3, 0.4) is 0 Å². The Morgan fingerprint density at radius 2 is 2.16 bits per heavy atom. The van der Waals surface area contributed by atoms with E-state index < -0.39 is 0 Å². The van der Waals surface area contributed by atoms with Crippen molar-refractivity contribution < 1.29 is 9.53 Å². The number of carbonyl (C=O) groups excluding carboxylic acids is 1. The number of rotatable bonds is 4. The summed E-state index contributed by atoms with van der Waals surface area (Å²) in [6.07, 6.45) is 6.34. The standard InChI is InChI=1S/C15H22N2O2/c1-3-14-11-12(7-10-19-14)15(18)17(4-2)13-5-8-16-9-6-13/h5-6,8-9,12,14H,3-4,7,10-11H2,1-2H3/t12-,14-/m0/s1. The SMILES string of the molecule is CC[C@H]1C[C@@H](C(=O)N(CC)c2ccncc2)CCO1. The number of amides is 1. The van der Waals surface area contributed by atoms with E-state index in [9.17, 15) is 4.79 Å². The molecule has 0 spiro atoms. The summed E-state index contributed by atoms with van der Waals surface area (Å²) < 4.78 is 5.65. The van der Waals surface area contributed by atoms with Crippen LogP contribution in [0.5, 0.6) is 0 Å². The van der Waals surface area contributed by atoms with Crippen molar-refractivity contribution in [2.45, 2.75) is 39.2 Å². The van der Waals surface area contributed by atoms with Gasteiger partial charge in [-0.1, -0.05) is 6.92 Å². The van der Waals surface area contributed by atoms with Crippen LogP contribution in [-0.2, 0) is 9.53 Å². The molecule has 0 bridgehead atoms. The van der Waals surface area contributed by atoms with E-state index in [0.29, 0.717) is 13.2 Å². The minimum Gasteiger partial charge on any atom is -0.378 e. The van der Waals surface area contributed by atoms with Gasteiger partial charge in [-0.3, -0.25) is 9.78 Å². The number of ether oxygens (including phenoxy) is 1. The lowest BCUT2D eigenvalue weighted by Gasteiger charge is -2.32. The van der Waals surface area contributed by atoms with E-state index in [1.165, 1.54) is 0 Å². The summed E-state index contributed by atoms with van der Waals surface area (Å²) in [5.74, 6) is 0.308. The van der Waals surface area contributed by atoms with Crippen molar-refractivity contribution in [3.63, 3.8) is 0 Å². The molecule has 1 aliphatic heterocycles. The summed E-state index contributed by atoms with van der Waals surface area (Å²) in [7, 11) is 0. The molecule has 0 N–H and O–H groups in total. The number of hydrogen-bond acceptors (Lipinski definition) is 3. The van der Waals surface area contributed by atoms with Crippen molar-refractivity contribution in [3.8, 4) is 0 Å². The third-order valence-corrected chi connectivity index (χ3v) is 3.73. The molecule has 0 aromatic carbocycles. The molecule has 0 unspecified atom stereocenters. The van der Waals surface area contributed by atoms with Crippen molar-refractivity contribution in [1.29, 1.82) is 0 Å². The van der Waals surface area contributed by atoms with Gasteiger partial charge in [0.15, 0.2) is 0 Å². The van der Waals surface area contributed by atoms with Gasteiger partial charge in [0.1, 0.15) is 0 Å². The van der Waals surface area contributed by atoms with E-state index >= 15 is 0 Å². The molecule has 2 rings (SSSR count). The summed E-state index contributed by atoms with van der Waals surface area (Å²) in [6, 6.07) is 3.77. The minimum atomic E-state index is 0.0896. The van der Waals surface area contributed by atoms with Gasteiger partial charge in [-0.25, -0.2) is 0 Å².